The van der Waals surface area contributed by atoms with Crippen molar-refractivity contribution in [1.29, 1.82) is 0 Å². The molecule has 2 unspecified atom stereocenters. The molecule has 0 radical (unpaired) electrons. The maximum atomic E-state index is 10.9. The first-order valence-corrected chi connectivity index (χ1v) is 5.39. The van der Waals surface area contributed by atoms with Gasteiger partial charge >= 0.3 is 0 Å². The summed E-state index contributed by atoms with van der Waals surface area (Å²) < 4.78 is 0. The van der Waals surface area contributed by atoms with E-state index in [9.17, 15) is 4.79 Å². The molecule has 1 fully saturated rings. The van der Waals surface area contributed by atoms with Crippen LogP contribution in [0.5, 0.6) is 0 Å². The van der Waals surface area contributed by atoms with Gasteiger partial charge in [-0.2, -0.15) is 0 Å². The van der Waals surface area contributed by atoms with Crippen LogP contribution in [0.1, 0.15) is 10.9 Å². The number of amides is 1. The molecule has 3 N–H and O–H groups in total. The largest absolute Gasteiger partial charge is 0.368 e. The topological polar surface area (TPSA) is 68.0 Å². The molecule has 0 saturated carbocycles. The third-order valence-corrected chi connectivity index (χ3v) is 3.40. The van der Waals surface area contributed by atoms with Crippen LogP contribution in [0.25, 0.3) is 0 Å². The summed E-state index contributed by atoms with van der Waals surface area (Å²) >= 11 is 1.69. The van der Waals surface area contributed by atoms with E-state index in [1.165, 1.54) is 0 Å². The highest BCUT2D eigenvalue weighted by atomic mass is 35.5. The summed E-state index contributed by atoms with van der Waals surface area (Å²) in [5, 5.41) is 3.33. The summed E-state index contributed by atoms with van der Waals surface area (Å²) in [6.45, 7) is 0. The number of hydrogen-bond donors (Lipinski definition) is 2. The summed E-state index contributed by atoms with van der Waals surface area (Å²) in [5.74, 6) is 0.455. The van der Waals surface area contributed by atoms with Crippen molar-refractivity contribution < 1.29 is 4.79 Å². The zero-order chi connectivity index (χ0) is 9.97. The fraction of sp³-hybridized carbons (Fsp3) is 0.333. The molecule has 1 aromatic heterocycles. The SMILES string of the molecule is Cl.Cl.NC(=O)C1CSC(c2ccncc2)N1. The zero-order valence-electron chi connectivity index (χ0n) is 8.33. The summed E-state index contributed by atoms with van der Waals surface area (Å²) in [5.41, 5.74) is 6.34. The van der Waals surface area contributed by atoms with Crippen LogP contribution in [0, 0.1) is 0 Å². The molecule has 1 aromatic rings. The number of aromatic nitrogens is 1. The second-order valence-electron chi connectivity index (χ2n) is 3.12. The third-order valence-electron chi connectivity index (χ3n) is 2.13. The van der Waals surface area contributed by atoms with Gasteiger partial charge in [-0.15, -0.1) is 36.6 Å². The average Bonchev–Trinajstić information content (AvgIpc) is 2.68. The molecule has 2 atom stereocenters. The highest BCUT2D eigenvalue weighted by Crippen LogP contribution is 2.31. The summed E-state index contributed by atoms with van der Waals surface area (Å²) in [6.07, 6.45) is 3.49. The first-order chi connectivity index (χ1) is 6.77. The van der Waals surface area contributed by atoms with Crippen LogP contribution in [-0.4, -0.2) is 22.7 Å². The van der Waals surface area contributed by atoms with Crippen LogP contribution in [0.4, 0.5) is 0 Å². The molecular formula is C9H13Cl2N3OS. The lowest BCUT2D eigenvalue weighted by Crippen LogP contribution is -2.38. The van der Waals surface area contributed by atoms with Crippen molar-refractivity contribution in [2.45, 2.75) is 11.4 Å². The molecule has 16 heavy (non-hydrogen) atoms. The molecule has 1 aliphatic heterocycles. The van der Waals surface area contributed by atoms with Crippen LogP contribution in [0.3, 0.4) is 0 Å². The van der Waals surface area contributed by atoms with Gasteiger partial charge in [-0.3, -0.25) is 15.1 Å². The third kappa shape index (κ3) is 3.52. The molecule has 1 aliphatic rings. The number of primary amides is 1. The summed E-state index contributed by atoms with van der Waals surface area (Å²) in [4.78, 5) is 14.9. The Hall–Kier alpha value is -0.490. The van der Waals surface area contributed by atoms with Crippen molar-refractivity contribution >= 4 is 42.5 Å². The van der Waals surface area contributed by atoms with Gasteiger partial charge < -0.3 is 5.73 Å². The molecule has 1 saturated heterocycles. The molecule has 2 rings (SSSR count). The Bertz CT molecular complexity index is 339. The number of hydrogen-bond acceptors (Lipinski definition) is 4. The summed E-state index contributed by atoms with van der Waals surface area (Å²) in [7, 11) is 0. The number of halogens is 2. The number of nitrogens with two attached hydrogens (primary N) is 1. The number of thioether (sulfide) groups is 1. The molecule has 1 amide bonds. The number of nitrogens with one attached hydrogen (secondary N) is 1. The number of nitrogens with zero attached hydrogens (tertiary/aromatic N) is 1. The van der Waals surface area contributed by atoms with E-state index < -0.39 is 0 Å². The molecule has 7 heteroatoms. The second-order valence-corrected chi connectivity index (χ2v) is 4.25. The number of carbonyl (C=O) groups is 1. The highest BCUT2D eigenvalue weighted by Gasteiger charge is 2.28. The fourth-order valence-electron chi connectivity index (χ4n) is 1.37. The van der Waals surface area contributed by atoms with E-state index in [0.717, 1.165) is 11.3 Å². The van der Waals surface area contributed by atoms with Crippen LogP contribution in [0.2, 0.25) is 0 Å². The van der Waals surface area contributed by atoms with E-state index in [1.54, 1.807) is 24.2 Å². The normalized spacial score (nSPS) is 23.0. The Kier molecular flexibility index (Phi) is 6.74. The summed E-state index contributed by atoms with van der Waals surface area (Å²) in [6, 6.07) is 3.67. The number of carbonyl (C=O) groups excluding carboxylic acids is 1. The fourth-order valence-corrected chi connectivity index (χ4v) is 2.62. The molecule has 0 aromatic carbocycles. The quantitative estimate of drug-likeness (QED) is 0.852. The minimum absolute atomic E-state index is 0. The van der Waals surface area contributed by atoms with Gasteiger partial charge in [-0.05, 0) is 17.7 Å². The lowest BCUT2D eigenvalue weighted by molar-refractivity contribution is -0.119. The van der Waals surface area contributed by atoms with Gasteiger partial charge in [0, 0.05) is 18.1 Å². The van der Waals surface area contributed by atoms with Gasteiger partial charge in [0.2, 0.25) is 5.91 Å². The predicted octanol–water partition coefficient (Wildman–Crippen LogP) is 1.11. The standard InChI is InChI=1S/C9H11N3OS.2ClH/c10-8(13)7-5-14-9(12-7)6-1-3-11-4-2-6;;/h1-4,7,9,12H,5H2,(H2,10,13);2*1H. The molecular weight excluding hydrogens is 269 g/mol. The number of pyridine rings is 1. The van der Waals surface area contributed by atoms with Crippen LogP contribution in [-0.2, 0) is 4.79 Å². The van der Waals surface area contributed by atoms with E-state index in [2.05, 4.69) is 10.3 Å². The maximum absolute atomic E-state index is 10.9. The minimum atomic E-state index is -0.283. The van der Waals surface area contributed by atoms with E-state index in [-0.39, 0.29) is 42.1 Å². The van der Waals surface area contributed by atoms with Crippen molar-refractivity contribution in [2.24, 2.45) is 5.73 Å². The van der Waals surface area contributed by atoms with Crippen LogP contribution < -0.4 is 11.1 Å². The minimum Gasteiger partial charge on any atom is -0.368 e. The van der Waals surface area contributed by atoms with E-state index in [0.29, 0.717) is 0 Å². The van der Waals surface area contributed by atoms with Crippen molar-refractivity contribution in [2.75, 3.05) is 5.75 Å². The zero-order valence-corrected chi connectivity index (χ0v) is 10.8. The lowest BCUT2D eigenvalue weighted by Gasteiger charge is -2.10. The maximum Gasteiger partial charge on any atom is 0.235 e. The molecule has 0 spiro atoms. The van der Waals surface area contributed by atoms with Crippen molar-refractivity contribution in [3.05, 3.63) is 30.1 Å². The van der Waals surface area contributed by atoms with Crippen molar-refractivity contribution in [1.82, 2.24) is 10.3 Å². The Labute approximate surface area is 111 Å². The molecule has 0 aliphatic carbocycles. The van der Waals surface area contributed by atoms with Gasteiger partial charge in [-0.1, -0.05) is 0 Å². The van der Waals surface area contributed by atoms with Gasteiger partial charge in [-0.25, -0.2) is 0 Å². The van der Waals surface area contributed by atoms with Crippen LogP contribution in [0.15, 0.2) is 24.5 Å². The molecule has 2 heterocycles. The lowest BCUT2D eigenvalue weighted by atomic mass is 10.2. The van der Waals surface area contributed by atoms with Gasteiger partial charge in [0.15, 0.2) is 0 Å². The van der Waals surface area contributed by atoms with Crippen LogP contribution >= 0.6 is 36.6 Å². The Morgan fingerprint density at radius 1 is 1.44 bits per heavy atom. The van der Waals surface area contributed by atoms with Gasteiger partial charge in [0.1, 0.15) is 0 Å². The second kappa shape index (κ2) is 6.96. The highest BCUT2D eigenvalue weighted by molar-refractivity contribution is 7.99. The van der Waals surface area contributed by atoms with Crippen molar-refractivity contribution in [3.8, 4) is 0 Å². The first kappa shape index (κ1) is 15.5. The molecule has 4 nitrogen and oxygen atoms in total. The average molecular weight is 282 g/mol. The Morgan fingerprint density at radius 2 is 2.06 bits per heavy atom. The number of rotatable bonds is 2. The Balaban J connectivity index is 0.00000112. The Morgan fingerprint density at radius 3 is 2.56 bits per heavy atom. The molecule has 0 bridgehead atoms. The smallest absolute Gasteiger partial charge is 0.235 e. The van der Waals surface area contributed by atoms with E-state index in [1.807, 2.05) is 12.1 Å². The first-order valence-electron chi connectivity index (χ1n) is 4.34. The van der Waals surface area contributed by atoms with E-state index in [4.69, 9.17) is 5.73 Å². The predicted molar refractivity (Wildman–Crippen MR) is 70.1 cm³/mol. The van der Waals surface area contributed by atoms with Gasteiger partial charge in [0.05, 0.1) is 11.4 Å². The molecule has 90 valence electrons. The van der Waals surface area contributed by atoms with Crippen molar-refractivity contribution in [3.63, 3.8) is 0 Å². The van der Waals surface area contributed by atoms with E-state index >= 15 is 0 Å². The monoisotopic (exact) mass is 281 g/mol. The van der Waals surface area contributed by atoms with Gasteiger partial charge in [0.25, 0.3) is 0 Å².